The van der Waals surface area contributed by atoms with Gasteiger partial charge in [0.2, 0.25) is 5.95 Å². The average molecular weight is 568 g/mol. The Morgan fingerprint density at radius 2 is 2.05 bits per heavy atom. The summed E-state index contributed by atoms with van der Waals surface area (Å²) in [5, 5.41) is 8.19. The van der Waals surface area contributed by atoms with E-state index in [0.717, 1.165) is 16.3 Å². The van der Waals surface area contributed by atoms with Crippen molar-refractivity contribution in [3.05, 3.63) is 42.2 Å². The van der Waals surface area contributed by atoms with E-state index >= 15 is 0 Å². The van der Waals surface area contributed by atoms with E-state index in [9.17, 15) is 9.18 Å². The Kier molecular flexibility index (Phi) is 8.99. The van der Waals surface area contributed by atoms with E-state index in [-0.39, 0.29) is 24.6 Å². The molecule has 2 saturated heterocycles. The first-order valence-corrected chi connectivity index (χ1v) is 14.0. The molecule has 41 heavy (non-hydrogen) atoms. The normalized spacial score (nSPS) is 21.0. The van der Waals surface area contributed by atoms with E-state index in [1.807, 2.05) is 24.1 Å². The maximum absolute atomic E-state index is 14.8. The van der Waals surface area contributed by atoms with Gasteiger partial charge in [0, 0.05) is 37.9 Å². The van der Waals surface area contributed by atoms with Gasteiger partial charge < -0.3 is 34.6 Å². The third-order valence-electron chi connectivity index (χ3n) is 7.53. The van der Waals surface area contributed by atoms with Gasteiger partial charge in [-0.15, -0.1) is 0 Å². The van der Waals surface area contributed by atoms with Gasteiger partial charge in [0.25, 0.3) is 0 Å². The van der Waals surface area contributed by atoms with Gasteiger partial charge in [0.15, 0.2) is 0 Å². The molecule has 220 valence electrons. The number of nitrogens with zero attached hydrogens (tertiary/aromatic N) is 5. The fraction of sp³-hybridized carbons (Fsp3) is 0.517. The summed E-state index contributed by atoms with van der Waals surface area (Å²) >= 11 is 0. The number of anilines is 3. The van der Waals surface area contributed by atoms with Crippen LogP contribution in [0.25, 0.3) is 10.8 Å². The maximum atomic E-state index is 14.8. The summed E-state index contributed by atoms with van der Waals surface area (Å²) in [5.74, 6) is 2.62. The molecule has 2 N–H and O–H groups in total. The van der Waals surface area contributed by atoms with Crippen LogP contribution in [0.4, 0.5) is 26.8 Å². The molecule has 2 fully saturated rings. The molecule has 4 heterocycles. The van der Waals surface area contributed by atoms with Crippen LogP contribution in [0.3, 0.4) is 0 Å². The quantitative estimate of drug-likeness (QED) is 0.331. The monoisotopic (exact) mass is 567 g/mol. The molecule has 1 amide bonds. The number of piperidine rings is 1. The fourth-order valence-electron chi connectivity index (χ4n) is 5.08. The Balaban J connectivity index is 1.30. The number of fused-ring (bicyclic) bond motifs is 1. The van der Waals surface area contributed by atoms with Crippen LogP contribution in [0, 0.1) is 0 Å². The number of alkyl halides is 1. The number of amides is 1. The summed E-state index contributed by atoms with van der Waals surface area (Å²) in [4.78, 5) is 28.8. The summed E-state index contributed by atoms with van der Waals surface area (Å²) in [6.07, 6.45) is 2.15. The average Bonchev–Trinajstić information content (AvgIpc) is 3.29. The molecule has 12 heteroatoms. The molecule has 0 saturated carbocycles. The second-order valence-electron chi connectivity index (χ2n) is 10.7. The van der Waals surface area contributed by atoms with Crippen molar-refractivity contribution in [1.82, 2.24) is 25.2 Å². The van der Waals surface area contributed by atoms with E-state index < -0.39 is 12.3 Å². The second-order valence-corrected chi connectivity index (χ2v) is 10.7. The largest absolute Gasteiger partial charge is 0.491 e. The molecule has 2 aliphatic rings. The van der Waals surface area contributed by atoms with Gasteiger partial charge in [-0.1, -0.05) is 19.9 Å². The fourth-order valence-corrected chi connectivity index (χ4v) is 5.08. The Labute approximate surface area is 239 Å². The van der Waals surface area contributed by atoms with Crippen molar-refractivity contribution < 1.29 is 23.4 Å². The van der Waals surface area contributed by atoms with Crippen molar-refractivity contribution in [3.8, 4) is 5.75 Å². The van der Waals surface area contributed by atoms with Crippen LogP contribution in [-0.2, 0) is 9.47 Å². The van der Waals surface area contributed by atoms with E-state index in [1.165, 1.54) is 0 Å². The van der Waals surface area contributed by atoms with Gasteiger partial charge in [-0.2, -0.15) is 4.98 Å². The van der Waals surface area contributed by atoms with Gasteiger partial charge in [0.1, 0.15) is 42.8 Å². The topological polar surface area (TPSA) is 114 Å². The van der Waals surface area contributed by atoms with E-state index in [1.54, 1.807) is 30.4 Å². The number of hydrogen-bond acceptors (Lipinski definition) is 10. The molecule has 11 nitrogen and oxygen atoms in total. The Morgan fingerprint density at radius 3 is 2.78 bits per heavy atom. The highest BCUT2D eigenvalue weighted by molar-refractivity contribution is 5.92. The number of rotatable bonds is 11. The number of nitrogens with one attached hydrogen (secondary N) is 2. The van der Waals surface area contributed by atoms with Gasteiger partial charge in [0.05, 0.1) is 19.3 Å². The number of carbonyl (C=O) groups excluding carboxylic acids is 1. The second kappa shape index (κ2) is 12.8. The predicted molar refractivity (Wildman–Crippen MR) is 155 cm³/mol. The van der Waals surface area contributed by atoms with Gasteiger partial charge in [-0.05, 0) is 48.5 Å². The Hall–Kier alpha value is -3.77. The number of aromatic nitrogens is 3. The number of ether oxygens (including phenoxy) is 3. The van der Waals surface area contributed by atoms with Crippen LogP contribution in [-0.4, -0.2) is 97.8 Å². The van der Waals surface area contributed by atoms with Crippen molar-refractivity contribution in [2.75, 3.05) is 63.8 Å². The third-order valence-corrected chi connectivity index (χ3v) is 7.53. The third kappa shape index (κ3) is 6.59. The summed E-state index contributed by atoms with van der Waals surface area (Å²) in [6.45, 7) is 6.87. The zero-order chi connectivity index (χ0) is 28.9. The first-order valence-electron chi connectivity index (χ1n) is 14.0. The lowest BCUT2D eigenvalue weighted by Crippen LogP contribution is -2.46. The molecule has 0 bridgehead atoms. The molecule has 0 unspecified atom stereocenters. The van der Waals surface area contributed by atoms with Crippen molar-refractivity contribution in [3.63, 3.8) is 0 Å². The van der Waals surface area contributed by atoms with Crippen LogP contribution in [0.5, 0.6) is 5.75 Å². The van der Waals surface area contributed by atoms with Gasteiger partial charge >= 0.3 is 6.09 Å². The molecule has 0 spiro atoms. The first-order chi connectivity index (χ1) is 19.8. The van der Waals surface area contributed by atoms with Crippen molar-refractivity contribution in [2.45, 2.75) is 44.5 Å². The van der Waals surface area contributed by atoms with Gasteiger partial charge in [-0.25, -0.2) is 19.2 Å². The lowest BCUT2D eigenvalue weighted by Gasteiger charge is -2.34. The molecular formula is C29H38FN7O4. The van der Waals surface area contributed by atoms with E-state index in [4.69, 9.17) is 14.2 Å². The number of halogens is 1. The maximum Gasteiger partial charge on any atom is 0.410 e. The van der Waals surface area contributed by atoms with Crippen molar-refractivity contribution in [1.29, 1.82) is 0 Å². The van der Waals surface area contributed by atoms with Crippen LogP contribution >= 0.6 is 0 Å². The van der Waals surface area contributed by atoms with Crippen molar-refractivity contribution in [2.24, 2.45) is 0 Å². The van der Waals surface area contributed by atoms with Crippen LogP contribution in [0.2, 0.25) is 0 Å². The molecular weight excluding hydrogens is 529 g/mol. The SMILES string of the molecule is CNCCO[C@@H]1CCN(c2nccc(Nc3cc4c(C(C)C)ccc(OC[C@@H]5COC(=O)N5C)c4cn3)n2)C[C@@H]1F. The minimum atomic E-state index is -1.11. The highest BCUT2D eigenvalue weighted by Crippen LogP contribution is 2.34. The smallest absolute Gasteiger partial charge is 0.410 e. The first kappa shape index (κ1) is 28.7. The highest BCUT2D eigenvalue weighted by Gasteiger charge is 2.32. The number of carbonyl (C=O) groups is 1. The zero-order valence-electron chi connectivity index (χ0n) is 24.0. The molecule has 2 aliphatic heterocycles. The minimum absolute atomic E-state index is 0.146. The molecule has 2 aromatic heterocycles. The van der Waals surface area contributed by atoms with Crippen LogP contribution < -0.4 is 20.3 Å². The van der Waals surface area contributed by atoms with Crippen LogP contribution in [0.1, 0.15) is 31.7 Å². The number of cyclic esters (lactones) is 1. The molecule has 3 aromatic rings. The molecule has 0 aliphatic carbocycles. The standard InChI is InChI=1S/C29H38FN7O4/c1-18(2)20-5-6-24(40-16-19-17-41-29(38)36(19)4)22-14-33-27(13-21(20)22)34-26-7-9-32-28(35-26)37-11-8-25(23(30)15-37)39-12-10-31-3/h5-7,9,13-14,18-19,23,25,31H,8,10-12,15-17H2,1-4H3,(H,32,33,34,35)/t19-,23+,25-/m1/s1. The molecule has 5 rings (SSSR count). The lowest BCUT2D eigenvalue weighted by atomic mass is 9.96. The molecule has 0 radical (unpaired) electrons. The summed E-state index contributed by atoms with van der Waals surface area (Å²) in [6, 6.07) is 7.62. The summed E-state index contributed by atoms with van der Waals surface area (Å²) in [5.41, 5.74) is 1.16. The van der Waals surface area contributed by atoms with Crippen molar-refractivity contribution >= 4 is 34.4 Å². The number of likely N-dealkylation sites (N-methyl/N-ethyl adjacent to an activating group) is 2. The zero-order valence-corrected chi connectivity index (χ0v) is 24.0. The van der Waals surface area contributed by atoms with Crippen LogP contribution in [0.15, 0.2) is 36.7 Å². The summed E-state index contributed by atoms with van der Waals surface area (Å²) < 4.78 is 31.7. The molecule has 1 aromatic carbocycles. The lowest BCUT2D eigenvalue weighted by molar-refractivity contribution is -0.0109. The Bertz CT molecular complexity index is 1360. The number of benzene rings is 1. The molecule has 3 atom stereocenters. The Morgan fingerprint density at radius 1 is 1.20 bits per heavy atom. The van der Waals surface area contributed by atoms with Gasteiger partial charge in [-0.3, -0.25) is 0 Å². The van der Waals surface area contributed by atoms with E-state index in [0.29, 0.717) is 62.7 Å². The number of hydrogen-bond donors (Lipinski definition) is 2. The highest BCUT2D eigenvalue weighted by atomic mass is 19.1. The predicted octanol–water partition coefficient (Wildman–Crippen LogP) is 3.87. The summed E-state index contributed by atoms with van der Waals surface area (Å²) in [7, 11) is 3.55. The van der Waals surface area contributed by atoms with E-state index in [2.05, 4.69) is 45.5 Å². The minimum Gasteiger partial charge on any atom is -0.491 e. The number of pyridine rings is 1.